The molecule has 18 heavy (non-hydrogen) atoms. The van der Waals surface area contributed by atoms with Crippen molar-refractivity contribution in [2.45, 2.75) is 32.7 Å². The lowest BCUT2D eigenvalue weighted by molar-refractivity contribution is -0.137. The predicted octanol–water partition coefficient (Wildman–Crippen LogP) is 1.73. The van der Waals surface area contributed by atoms with E-state index in [-0.39, 0.29) is 25.0 Å². The van der Waals surface area contributed by atoms with Crippen molar-refractivity contribution in [1.82, 2.24) is 9.80 Å². The molecule has 0 unspecified atom stereocenters. The summed E-state index contributed by atoms with van der Waals surface area (Å²) >= 11 is 1.87. The van der Waals surface area contributed by atoms with Crippen molar-refractivity contribution < 1.29 is 14.7 Å². The summed E-state index contributed by atoms with van der Waals surface area (Å²) in [6.45, 7) is 5.68. The van der Waals surface area contributed by atoms with Crippen LogP contribution >= 0.6 is 11.8 Å². The maximum Gasteiger partial charge on any atom is 0.320 e. The molecule has 0 bridgehead atoms. The number of carboxylic acid groups (broad SMARTS) is 1. The number of carbonyl (C=O) groups is 2. The standard InChI is InChI=1S/C12H22N2O3S/c1-10(2)14(6-4-11(15)16)12(17)13-5-3-8-18-9-7-13/h10H,3-9H2,1-2H3,(H,15,16). The topological polar surface area (TPSA) is 60.9 Å². The minimum atomic E-state index is -0.861. The highest BCUT2D eigenvalue weighted by Crippen LogP contribution is 2.13. The molecular weight excluding hydrogens is 252 g/mol. The van der Waals surface area contributed by atoms with Gasteiger partial charge >= 0.3 is 12.0 Å². The lowest BCUT2D eigenvalue weighted by Gasteiger charge is -2.32. The summed E-state index contributed by atoms with van der Waals surface area (Å²) in [6, 6.07) is 0.0153. The van der Waals surface area contributed by atoms with Gasteiger partial charge in [0.25, 0.3) is 0 Å². The molecule has 0 aromatic carbocycles. The molecule has 0 spiro atoms. The largest absolute Gasteiger partial charge is 0.481 e. The number of hydrogen-bond acceptors (Lipinski definition) is 3. The number of amides is 2. The van der Waals surface area contributed by atoms with Gasteiger partial charge in [0.2, 0.25) is 0 Å². The van der Waals surface area contributed by atoms with Gasteiger partial charge in [0.15, 0.2) is 0 Å². The van der Waals surface area contributed by atoms with Gasteiger partial charge in [-0.3, -0.25) is 4.79 Å². The van der Waals surface area contributed by atoms with Gasteiger partial charge < -0.3 is 14.9 Å². The number of carbonyl (C=O) groups excluding carboxylic acids is 1. The molecule has 0 aromatic heterocycles. The molecule has 5 nitrogen and oxygen atoms in total. The number of rotatable bonds is 4. The maximum atomic E-state index is 12.4. The Morgan fingerprint density at radius 3 is 2.67 bits per heavy atom. The summed E-state index contributed by atoms with van der Waals surface area (Å²) in [5.41, 5.74) is 0. The van der Waals surface area contributed by atoms with E-state index in [9.17, 15) is 9.59 Å². The van der Waals surface area contributed by atoms with E-state index in [1.165, 1.54) is 0 Å². The molecule has 104 valence electrons. The molecule has 6 heteroatoms. The van der Waals surface area contributed by atoms with Gasteiger partial charge in [0.1, 0.15) is 0 Å². The molecule has 1 aliphatic heterocycles. The van der Waals surface area contributed by atoms with Gasteiger partial charge in [-0.05, 0) is 26.0 Å². The van der Waals surface area contributed by atoms with Crippen molar-refractivity contribution in [3.63, 3.8) is 0 Å². The van der Waals surface area contributed by atoms with Crippen molar-refractivity contribution in [3.05, 3.63) is 0 Å². The summed E-state index contributed by atoms with van der Waals surface area (Å²) in [4.78, 5) is 26.5. The van der Waals surface area contributed by atoms with Crippen LogP contribution < -0.4 is 0 Å². The minimum absolute atomic E-state index is 0.00646. The van der Waals surface area contributed by atoms with Crippen LogP contribution in [0.15, 0.2) is 0 Å². The molecule has 0 aliphatic carbocycles. The molecule has 1 N–H and O–H groups in total. The summed E-state index contributed by atoms with van der Waals surface area (Å²) in [6.07, 6.45) is 1.02. The maximum absolute atomic E-state index is 12.4. The highest BCUT2D eigenvalue weighted by molar-refractivity contribution is 7.99. The normalized spacial score (nSPS) is 16.5. The van der Waals surface area contributed by atoms with Crippen LogP contribution in [-0.4, -0.2) is 64.1 Å². The van der Waals surface area contributed by atoms with Crippen molar-refractivity contribution in [1.29, 1.82) is 0 Å². The molecule has 1 saturated heterocycles. The van der Waals surface area contributed by atoms with E-state index in [2.05, 4.69) is 0 Å². The van der Waals surface area contributed by atoms with E-state index in [1.54, 1.807) is 4.90 Å². The Labute approximate surface area is 113 Å². The number of aliphatic carboxylic acids is 1. The van der Waals surface area contributed by atoms with E-state index in [1.807, 2.05) is 30.5 Å². The van der Waals surface area contributed by atoms with Crippen LogP contribution in [-0.2, 0) is 4.79 Å². The van der Waals surface area contributed by atoms with Crippen LogP contribution in [0.2, 0.25) is 0 Å². The summed E-state index contributed by atoms with van der Waals surface area (Å²) < 4.78 is 0. The van der Waals surface area contributed by atoms with Crippen LogP contribution in [0.5, 0.6) is 0 Å². The third kappa shape index (κ3) is 4.76. The molecule has 0 saturated carbocycles. The van der Waals surface area contributed by atoms with Crippen LogP contribution in [0.25, 0.3) is 0 Å². The Hall–Kier alpha value is -0.910. The van der Waals surface area contributed by atoms with E-state index in [0.29, 0.717) is 0 Å². The second-order valence-corrected chi connectivity index (χ2v) is 5.89. The Balaban J connectivity index is 2.59. The molecule has 1 heterocycles. The molecule has 2 amide bonds. The molecule has 1 rings (SSSR count). The fourth-order valence-corrected chi connectivity index (χ4v) is 2.80. The number of carboxylic acids is 1. The quantitative estimate of drug-likeness (QED) is 0.848. The van der Waals surface area contributed by atoms with Crippen molar-refractivity contribution >= 4 is 23.8 Å². The van der Waals surface area contributed by atoms with Gasteiger partial charge in [-0.1, -0.05) is 0 Å². The number of nitrogens with zero attached hydrogens (tertiary/aromatic N) is 2. The Morgan fingerprint density at radius 2 is 2.06 bits per heavy atom. The third-order valence-corrected chi connectivity index (χ3v) is 3.98. The average Bonchev–Trinajstić information content (AvgIpc) is 2.56. The second kappa shape index (κ2) is 7.51. The lowest BCUT2D eigenvalue weighted by Crippen LogP contribution is -2.47. The van der Waals surface area contributed by atoms with Gasteiger partial charge in [-0.15, -0.1) is 0 Å². The molecule has 1 aliphatic rings. The smallest absolute Gasteiger partial charge is 0.320 e. The zero-order valence-corrected chi connectivity index (χ0v) is 11.9. The highest BCUT2D eigenvalue weighted by Gasteiger charge is 2.24. The highest BCUT2D eigenvalue weighted by atomic mass is 32.2. The van der Waals surface area contributed by atoms with Crippen LogP contribution in [0.3, 0.4) is 0 Å². The fraction of sp³-hybridized carbons (Fsp3) is 0.833. The Kier molecular flexibility index (Phi) is 6.32. The first-order valence-corrected chi connectivity index (χ1v) is 7.53. The first kappa shape index (κ1) is 15.1. The Bertz CT molecular complexity index is 289. The van der Waals surface area contributed by atoms with Gasteiger partial charge in [-0.25, -0.2) is 4.79 Å². The fourth-order valence-electron chi connectivity index (χ4n) is 1.91. The van der Waals surface area contributed by atoms with E-state index >= 15 is 0 Å². The Morgan fingerprint density at radius 1 is 1.33 bits per heavy atom. The van der Waals surface area contributed by atoms with Crippen LogP contribution in [0, 0.1) is 0 Å². The molecule has 0 aromatic rings. The van der Waals surface area contributed by atoms with Crippen LogP contribution in [0.1, 0.15) is 26.7 Å². The SMILES string of the molecule is CC(C)N(CCC(=O)O)C(=O)N1CCCSCC1. The molecular formula is C12H22N2O3S. The summed E-state index contributed by atoms with van der Waals surface area (Å²) in [5, 5.41) is 8.73. The predicted molar refractivity (Wildman–Crippen MR) is 73.0 cm³/mol. The van der Waals surface area contributed by atoms with E-state index in [4.69, 9.17) is 5.11 Å². The zero-order valence-electron chi connectivity index (χ0n) is 11.1. The first-order valence-electron chi connectivity index (χ1n) is 6.37. The monoisotopic (exact) mass is 274 g/mol. The van der Waals surface area contributed by atoms with Crippen molar-refractivity contribution in [2.75, 3.05) is 31.1 Å². The van der Waals surface area contributed by atoms with Gasteiger partial charge in [0.05, 0.1) is 6.42 Å². The van der Waals surface area contributed by atoms with E-state index < -0.39 is 5.97 Å². The average molecular weight is 274 g/mol. The minimum Gasteiger partial charge on any atom is -0.481 e. The van der Waals surface area contributed by atoms with Gasteiger partial charge in [0, 0.05) is 31.4 Å². The second-order valence-electron chi connectivity index (χ2n) is 4.67. The number of urea groups is 1. The number of thioether (sulfide) groups is 1. The van der Waals surface area contributed by atoms with E-state index in [0.717, 1.165) is 31.0 Å². The van der Waals surface area contributed by atoms with Gasteiger partial charge in [-0.2, -0.15) is 11.8 Å². The van der Waals surface area contributed by atoms with Crippen molar-refractivity contribution in [2.24, 2.45) is 0 Å². The molecule has 0 radical (unpaired) electrons. The molecule has 0 atom stereocenters. The van der Waals surface area contributed by atoms with Crippen molar-refractivity contribution in [3.8, 4) is 0 Å². The molecule has 1 fully saturated rings. The van der Waals surface area contributed by atoms with Crippen LogP contribution in [0.4, 0.5) is 4.79 Å². The zero-order chi connectivity index (χ0) is 13.5. The lowest BCUT2D eigenvalue weighted by atomic mass is 10.3. The first-order chi connectivity index (χ1) is 8.52. The third-order valence-electron chi connectivity index (χ3n) is 2.93. The summed E-state index contributed by atoms with van der Waals surface area (Å²) in [7, 11) is 0. The number of hydrogen-bond donors (Lipinski definition) is 1. The summed E-state index contributed by atoms with van der Waals surface area (Å²) in [5.74, 6) is 1.21.